The van der Waals surface area contributed by atoms with Gasteiger partial charge in [-0.15, -0.1) is 0 Å². The molecule has 0 heterocycles. The molecule has 0 atom stereocenters. The zero-order chi connectivity index (χ0) is 23.1. The molecule has 32 heavy (non-hydrogen) atoms. The second kappa shape index (κ2) is 10.1. The maximum atomic E-state index is 12.5. The average Bonchev–Trinajstić information content (AvgIpc) is 2.78. The van der Waals surface area contributed by atoms with Crippen LogP contribution in [0.4, 0.5) is 11.4 Å². The first-order valence-electron chi connectivity index (χ1n) is 10.8. The van der Waals surface area contributed by atoms with Gasteiger partial charge in [-0.3, -0.25) is 9.59 Å². The molecular formula is C27H30N2O3. The van der Waals surface area contributed by atoms with Crippen LogP contribution < -0.4 is 15.4 Å². The number of ether oxygens (including phenoxy) is 1. The molecule has 0 aromatic heterocycles. The zero-order valence-corrected chi connectivity index (χ0v) is 19.1. The molecule has 0 radical (unpaired) electrons. The van der Waals surface area contributed by atoms with E-state index in [4.69, 9.17) is 4.74 Å². The largest absolute Gasteiger partial charge is 0.494 e. The molecule has 0 bridgehead atoms. The number of nitrogens with one attached hydrogen (secondary N) is 2. The van der Waals surface area contributed by atoms with E-state index in [9.17, 15) is 9.59 Å². The summed E-state index contributed by atoms with van der Waals surface area (Å²) in [7, 11) is 0. The number of hydrogen-bond acceptors (Lipinski definition) is 3. The topological polar surface area (TPSA) is 67.4 Å². The van der Waals surface area contributed by atoms with Crippen LogP contribution in [0.25, 0.3) is 0 Å². The fraction of sp³-hybridized carbons (Fsp3) is 0.259. The van der Waals surface area contributed by atoms with Crippen LogP contribution >= 0.6 is 0 Å². The van der Waals surface area contributed by atoms with Crippen molar-refractivity contribution in [1.82, 2.24) is 0 Å². The van der Waals surface area contributed by atoms with Gasteiger partial charge in [0.25, 0.3) is 11.8 Å². The van der Waals surface area contributed by atoms with Gasteiger partial charge in [-0.25, -0.2) is 0 Å². The highest BCUT2D eigenvalue weighted by molar-refractivity contribution is 6.05. The van der Waals surface area contributed by atoms with Crippen LogP contribution in [0, 0.1) is 0 Å². The minimum absolute atomic E-state index is 0.0408. The van der Waals surface area contributed by atoms with E-state index in [1.54, 1.807) is 42.5 Å². The molecule has 3 aromatic rings. The van der Waals surface area contributed by atoms with Gasteiger partial charge in [-0.05, 0) is 72.0 Å². The Balaban J connectivity index is 1.60. The van der Waals surface area contributed by atoms with Crippen LogP contribution in [0.5, 0.6) is 5.75 Å². The van der Waals surface area contributed by atoms with Crippen molar-refractivity contribution in [2.45, 2.75) is 39.5 Å². The first kappa shape index (κ1) is 23.1. The summed E-state index contributed by atoms with van der Waals surface area (Å²) >= 11 is 0. The molecular weight excluding hydrogens is 400 g/mol. The third kappa shape index (κ3) is 6.20. The van der Waals surface area contributed by atoms with Crippen molar-refractivity contribution in [3.63, 3.8) is 0 Å². The molecule has 0 saturated heterocycles. The zero-order valence-electron chi connectivity index (χ0n) is 19.1. The standard InChI is InChI=1S/C27H30N2O3/c1-5-17-32-24-8-6-7-20(18-24)26(31)29-23-15-13-22(14-16-23)28-25(30)19-9-11-21(12-10-19)27(2,3)4/h6-16,18H,5,17H2,1-4H3,(H,28,30)(H,29,31). The molecule has 0 unspecified atom stereocenters. The smallest absolute Gasteiger partial charge is 0.255 e. The summed E-state index contributed by atoms with van der Waals surface area (Å²) in [6.07, 6.45) is 0.904. The summed E-state index contributed by atoms with van der Waals surface area (Å²) < 4.78 is 5.59. The van der Waals surface area contributed by atoms with Gasteiger partial charge in [0.1, 0.15) is 5.75 Å². The average molecular weight is 431 g/mol. The van der Waals surface area contributed by atoms with Gasteiger partial charge >= 0.3 is 0 Å². The van der Waals surface area contributed by atoms with E-state index in [0.717, 1.165) is 6.42 Å². The summed E-state index contributed by atoms with van der Waals surface area (Å²) in [5, 5.41) is 5.75. The molecule has 0 aliphatic rings. The van der Waals surface area contributed by atoms with Crippen molar-refractivity contribution < 1.29 is 14.3 Å². The molecule has 3 aromatic carbocycles. The van der Waals surface area contributed by atoms with Gasteiger partial charge in [0.2, 0.25) is 0 Å². The van der Waals surface area contributed by atoms with Crippen LogP contribution in [-0.2, 0) is 5.41 Å². The van der Waals surface area contributed by atoms with Gasteiger partial charge in [0.05, 0.1) is 6.61 Å². The number of benzene rings is 3. The van der Waals surface area contributed by atoms with E-state index in [2.05, 4.69) is 31.4 Å². The lowest BCUT2D eigenvalue weighted by molar-refractivity contribution is 0.101. The molecule has 166 valence electrons. The second-order valence-electron chi connectivity index (χ2n) is 8.69. The molecule has 0 aliphatic carbocycles. The Morgan fingerprint density at radius 2 is 1.34 bits per heavy atom. The summed E-state index contributed by atoms with van der Waals surface area (Å²) in [6.45, 7) is 9.06. The minimum Gasteiger partial charge on any atom is -0.494 e. The molecule has 2 N–H and O–H groups in total. The molecule has 0 aliphatic heterocycles. The summed E-state index contributed by atoms with van der Waals surface area (Å²) in [5.74, 6) is 0.280. The van der Waals surface area contributed by atoms with E-state index < -0.39 is 0 Å². The van der Waals surface area contributed by atoms with Gasteiger partial charge in [0.15, 0.2) is 0 Å². The second-order valence-corrected chi connectivity index (χ2v) is 8.69. The Bertz CT molecular complexity index is 1070. The van der Waals surface area contributed by atoms with Crippen LogP contribution in [-0.4, -0.2) is 18.4 Å². The van der Waals surface area contributed by atoms with Gasteiger partial charge in [-0.2, -0.15) is 0 Å². The highest BCUT2D eigenvalue weighted by atomic mass is 16.5. The first-order chi connectivity index (χ1) is 15.3. The number of hydrogen-bond donors (Lipinski definition) is 2. The van der Waals surface area contributed by atoms with E-state index in [1.165, 1.54) is 5.56 Å². The lowest BCUT2D eigenvalue weighted by atomic mass is 9.87. The Morgan fingerprint density at radius 1 is 0.781 bits per heavy atom. The van der Waals surface area contributed by atoms with Gasteiger partial charge in [-0.1, -0.05) is 45.9 Å². The maximum absolute atomic E-state index is 12.5. The van der Waals surface area contributed by atoms with Gasteiger partial charge < -0.3 is 15.4 Å². The fourth-order valence-electron chi connectivity index (χ4n) is 3.11. The van der Waals surface area contributed by atoms with Crippen LogP contribution in [0.2, 0.25) is 0 Å². The van der Waals surface area contributed by atoms with E-state index in [-0.39, 0.29) is 17.2 Å². The van der Waals surface area contributed by atoms with Crippen LogP contribution in [0.3, 0.4) is 0 Å². The fourth-order valence-corrected chi connectivity index (χ4v) is 3.11. The van der Waals surface area contributed by atoms with Crippen molar-refractivity contribution in [2.24, 2.45) is 0 Å². The highest BCUT2D eigenvalue weighted by Gasteiger charge is 2.14. The summed E-state index contributed by atoms with van der Waals surface area (Å²) in [6, 6.07) is 21.8. The quantitative estimate of drug-likeness (QED) is 0.464. The Labute approximate surface area is 189 Å². The van der Waals surface area contributed by atoms with Crippen molar-refractivity contribution in [2.75, 3.05) is 17.2 Å². The highest BCUT2D eigenvalue weighted by Crippen LogP contribution is 2.23. The monoisotopic (exact) mass is 430 g/mol. The number of carbonyl (C=O) groups is 2. The van der Waals surface area contributed by atoms with E-state index in [0.29, 0.717) is 34.9 Å². The molecule has 0 saturated carbocycles. The lowest BCUT2D eigenvalue weighted by Crippen LogP contribution is -2.14. The predicted octanol–water partition coefficient (Wildman–Crippen LogP) is 6.28. The van der Waals surface area contributed by atoms with Gasteiger partial charge in [0, 0.05) is 22.5 Å². The third-order valence-electron chi connectivity index (χ3n) is 4.98. The van der Waals surface area contributed by atoms with Crippen LogP contribution in [0.15, 0.2) is 72.8 Å². The van der Waals surface area contributed by atoms with Crippen molar-refractivity contribution in [1.29, 1.82) is 0 Å². The first-order valence-corrected chi connectivity index (χ1v) is 10.8. The Morgan fingerprint density at radius 3 is 1.88 bits per heavy atom. The van der Waals surface area contributed by atoms with Crippen molar-refractivity contribution in [3.8, 4) is 5.75 Å². The SMILES string of the molecule is CCCOc1cccc(C(=O)Nc2ccc(NC(=O)c3ccc(C(C)(C)C)cc3)cc2)c1. The molecule has 0 spiro atoms. The Kier molecular flexibility index (Phi) is 7.31. The molecule has 5 nitrogen and oxygen atoms in total. The van der Waals surface area contributed by atoms with E-state index >= 15 is 0 Å². The van der Waals surface area contributed by atoms with Crippen molar-refractivity contribution >= 4 is 23.2 Å². The number of carbonyl (C=O) groups excluding carboxylic acids is 2. The number of amides is 2. The molecule has 3 rings (SSSR count). The lowest BCUT2D eigenvalue weighted by Gasteiger charge is -2.19. The summed E-state index contributed by atoms with van der Waals surface area (Å²) in [5.41, 5.74) is 3.64. The maximum Gasteiger partial charge on any atom is 0.255 e. The molecule has 0 fully saturated rings. The number of anilines is 2. The molecule has 5 heteroatoms. The minimum atomic E-state index is -0.220. The predicted molar refractivity (Wildman–Crippen MR) is 130 cm³/mol. The normalized spacial score (nSPS) is 11.0. The third-order valence-corrected chi connectivity index (χ3v) is 4.98. The number of rotatable bonds is 7. The van der Waals surface area contributed by atoms with Crippen molar-refractivity contribution in [3.05, 3.63) is 89.5 Å². The Hall–Kier alpha value is -3.60. The summed E-state index contributed by atoms with van der Waals surface area (Å²) in [4.78, 5) is 25.1. The molecule has 2 amide bonds. The van der Waals surface area contributed by atoms with E-state index in [1.807, 2.05) is 37.3 Å². The van der Waals surface area contributed by atoms with Crippen LogP contribution in [0.1, 0.15) is 60.4 Å².